The van der Waals surface area contributed by atoms with Gasteiger partial charge in [-0.1, -0.05) is 42.5 Å². The molecule has 0 aliphatic heterocycles. The summed E-state index contributed by atoms with van der Waals surface area (Å²) < 4.78 is 6.86. The van der Waals surface area contributed by atoms with E-state index in [1.165, 1.54) is 0 Å². The molecule has 112 valence electrons. The molecular weight excluding hydrogens is 358 g/mol. The van der Waals surface area contributed by atoms with Crippen molar-refractivity contribution in [3.8, 4) is 0 Å². The lowest BCUT2D eigenvalue weighted by atomic mass is 10.1. The van der Waals surface area contributed by atoms with Crippen molar-refractivity contribution in [3.05, 3.63) is 81.3 Å². The van der Waals surface area contributed by atoms with Gasteiger partial charge in [-0.2, -0.15) is 0 Å². The summed E-state index contributed by atoms with van der Waals surface area (Å²) in [6, 6.07) is 18.2. The summed E-state index contributed by atoms with van der Waals surface area (Å²) in [7, 11) is 0. The van der Waals surface area contributed by atoms with Crippen molar-refractivity contribution in [1.82, 2.24) is 4.57 Å². The lowest BCUT2D eigenvalue weighted by molar-refractivity contribution is 0.0956. The van der Waals surface area contributed by atoms with Crippen LogP contribution < -0.4 is 5.76 Å². The van der Waals surface area contributed by atoms with E-state index in [1.54, 1.807) is 30.3 Å². The van der Waals surface area contributed by atoms with Crippen molar-refractivity contribution < 1.29 is 9.21 Å². The fourth-order valence-corrected chi connectivity index (χ4v) is 3.34. The normalized spacial score (nSPS) is 11.2. The quantitative estimate of drug-likeness (QED) is 0.506. The Morgan fingerprint density at radius 3 is 2.57 bits per heavy atom. The summed E-state index contributed by atoms with van der Waals surface area (Å²) in [6.45, 7) is 0. The highest BCUT2D eigenvalue weighted by Crippen LogP contribution is 2.28. The average molecular weight is 368 g/mol. The number of hydrogen-bond donors (Lipinski definition) is 0. The number of aromatic nitrogens is 1. The molecule has 4 nitrogen and oxygen atoms in total. The summed E-state index contributed by atoms with van der Waals surface area (Å²) in [5, 5.41) is 1.93. The van der Waals surface area contributed by atoms with E-state index in [9.17, 15) is 9.59 Å². The van der Waals surface area contributed by atoms with E-state index in [-0.39, 0.29) is 0 Å². The van der Waals surface area contributed by atoms with Crippen molar-refractivity contribution in [3.63, 3.8) is 0 Å². The minimum absolute atomic E-state index is 0.391. The second kappa shape index (κ2) is 5.21. The summed E-state index contributed by atoms with van der Waals surface area (Å²) >= 11 is 3.49. The highest BCUT2D eigenvalue weighted by molar-refractivity contribution is 9.10. The van der Waals surface area contributed by atoms with E-state index < -0.39 is 11.7 Å². The van der Waals surface area contributed by atoms with Crippen LogP contribution in [0.5, 0.6) is 0 Å². The number of benzene rings is 3. The van der Waals surface area contributed by atoms with Gasteiger partial charge in [-0.25, -0.2) is 9.36 Å². The monoisotopic (exact) mass is 367 g/mol. The molecule has 1 heterocycles. The van der Waals surface area contributed by atoms with Gasteiger partial charge in [0.15, 0.2) is 5.58 Å². The lowest BCUT2D eigenvalue weighted by Gasteiger charge is -2.07. The van der Waals surface area contributed by atoms with Crippen LogP contribution >= 0.6 is 15.9 Å². The number of carbonyl (C=O) groups excluding carboxylic acids is 1. The van der Waals surface area contributed by atoms with Crippen molar-refractivity contribution in [2.24, 2.45) is 0 Å². The molecule has 0 aliphatic carbocycles. The number of fused-ring (bicyclic) bond motifs is 2. The van der Waals surface area contributed by atoms with Crippen LogP contribution in [0, 0.1) is 0 Å². The smallest absolute Gasteiger partial charge is 0.407 e. The molecule has 0 aliphatic rings. The Balaban J connectivity index is 1.97. The Bertz CT molecular complexity index is 1120. The second-order valence-electron chi connectivity index (χ2n) is 5.12. The van der Waals surface area contributed by atoms with E-state index in [0.29, 0.717) is 21.1 Å². The summed E-state index contributed by atoms with van der Waals surface area (Å²) in [6.07, 6.45) is 0. The van der Waals surface area contributed by atoms with E-state index >= 15 is 0 Å². The van der Waals surface area contributed by atoms with E-state index in [2.05, 4.69) is 15.9 Å². The van der Waals surface area contributed by atoms with Crippen LogP contribution in [0.3, 0.4) is 0 Å². The zero-order valence-electron chi connectivity index (χ0n) is 11.8. The topological polar surface area (TPSA) is 52.2 Å². The van der Waals surface area contributed by atoms with Gasteiger partial charge in [-0.15, -0.1) is 0 Å². The van der Waals surface area contributed by atoms with Crippen LogP contribution in [0.25, 0.3) is 21.9 Å². The maximum absolute atomic E-state index is 12.9. The third kappa shape index (κ3) is 2.12. The molecule has 3 aromatic carbocycles. The Kier molecular flexibility index (Phi) is 3.16. The maximum Gasteiger partial charge on any atom is 0.427 e. The molecule has 0 saturated carbocycles. The summed E-state index contributed by atoms with van der Waals surface area (Å²) in [5.74, 6) is -1.10. The molecule has 0 N–H and O–H groups in total. The Morgan fingerprint density at radius 2 is 1.70 bits per heavy atom. The van der Waals surface area contributed by atoms with Crippen LogP contribution in [0.4, 0.5) is 0 Å². The maximum atomic E-state index is 12.9. The first-order chi connectivity index (χ1) is 11.2. The molecule has 23 heavy (non-hydrogen) atoms. The first-order valence-corrected chi connectivity index (χ1v) is 7.78. The van der Waals surface area contributed by atoms with Gasteiger partial charge in [0.05, 0.1) is 11.1 Å². The molecule has 0 fully saturated rings. The third-order valence-electron chi connectivity index (χ3n) is 3.78. The molecule has 1 aromatic heterocycles. The number of nitrogens with zero attached hydrogens (tertiary/aromatic N) is 1. The molecule has 0 amide bonds. The highest BCUT2D eigenvalue weighted by Gasteiger charge is 2.20. The van der Waals surface area contributed by atoms with Gasteiger partial charge in [0.1, 0.15) is 0 Å². The second-order valence-corrected chi connectivity index (χ2v) is 5.92. The number of hydrogen-bond acceptors (Lipinski definition) is 3. The van der Waals surface area contributed by atoms with Crippen LogP contribution in [0.2, 0.25) is 0 Å². The number of rotatable bonds is 1. The van der Waals surface area contributed by atoms with Crippen molar-refractivity contribution in [2.75, 3.05) is 0 Å². The molecule has 0 radical (unpaired) electrons. The van der Waals surface area contributed by atoms with Gasteiger partial charge in [0, 0.05) is 4.47 Å². The Labute approximate surface area is 139 Å². The fraction of sp³-hybridized carbons (Fsp3) is 0. The highest BCUT2D eigenvalue weighted by atomic mass is 79.9. The zero-order chi connectivity index (χ0) is 16.0. The predicted octanol–water partition coefficient (Wildman–Crippen LogP) is 4.20. The molecule has 4 rings (SSSR count). The predicted molar refractivity (Wildman–Crippen MR) is 91.9 cm³/mol. The standard InChI is InChI=1S/C18H10BrNO3/c19-16-12-6-2-1-5-11(12)9-10-13(16)17(21)20-14-7-3-4-8-15(14)23-18(20)22/h1-10H. The van der Waals surface area contributed by atoms with Gasteiger partial charge in [0.25, 0.3) is 5.91 Å². The first-order valence-electron chi connectivity index (χ1n) is 6.99. The largest absolute Gasteiger partial charge is 0.427 e. The SMILES string of the molecule is O=C(c1ccc2ccccc2c1Br)n1c(=O)oc2ccccc21. The minimum atomic E-state index is -0.684. The van der Waals surface area contributed by atoms with Crippen molar-refractivity contribution in [1.29, 1.82) is 0 Å². The molecule has 0 saturated heterocycles. The average Bonchev–Trinajstić information content (AvgIpc) is 2.90. The van der Waals surface area contributed by atoms with E-state index in [1.807, 2.05) is 30.3 Å². The first kappa shape index (κ1) is 14.0. The van der Waals surface area contributed by atoms with Crippen LogP contribution in [-0.4, -0.2) is 10.5 Å². The fourth-order valence-electron chi connectivity index (χ4n) is 2.68. The third-order valence-corrected chi connectivity index (χ3v) is 4.64. The van der Waals surface area contributed by atoms with Crippen LogP contribution in [0.15, 0.2) is 74.3 Å². The number of oxazole rings is 1. The van der Waals surface area contributed by atoms with Crippen molar-refractivity contribution >= 4 is 43.7 Å². The van der Waals surface area contributed by atoms with Crippen molar-refractivity contribution in [2.45, 2.75) is 0 Å². The molecular formula is C18H10BrNO3. The summed E-state index contributed by atoms with van der Waals surface area (Å²) in [5.41, 5.74) is 1.27. The van der Waals surface area contributed by atoms with Gasteiger partial charge in [-0.05, 0) is 44.9 Å². The molecule has 0 unspecified atom stereocenters. The molecule has 0 atom stereocenters. The zero-order valence-corrected chi connectivity index (χ0v) is 13.4. The molecule has 0 spiro atoms. The van der Waals surface area contributed by atoms with Gasteiger partial charge >= 0.3 is 5.76 Å². The Morgan fingerprint density at radius 1 is 0.957 bits per heavy atom. The van der Waals surface area contributed by atoms with E-state index in [4.69, 9.17) is 4.42 Å². The summed E-state index contributed by atoms with van der Waals surface area (Å²) in [4.78, 5) is 25.0. The molecule has 5 heteroatoms. The lowest BCUT2D eigenvalue weighted by Crippen LogP contribution is -2.23. The molecule has 0 bridgehead atoms. The van der Waals surface area contributed by atoms with Gasteiger partial charge in [0.2, 0.25) is 0 Å². The van der Waals surface area contributed by atoms with E-state index in [0.717, 1.165) is 15.3 Å². The number of halogens is 1. The molecule has 4 aromatic rings. The minimum Gasteiger partial charge on any atom is -0.407 e. The Hall–Kier alpha value is -2.66. The number of carbonyl (C=O) groups is 1. The number of para-hydroxylation sites is 2. The van der Waals surface area contributed by atoms with Gasteiger partial charge in [-0.3, -0.25) is 4.79 Å². The van der Waals surface area contributed by atoms with Gasteiger partial charge < -0.3 is 4.42 Å². The van der Waals surface area contributed by atoms with Crippen LogP contribution in [0.1, 0.15) is 10.4 Å². The van der Waals surface area contributed by atoms with Crippen LogP contribution in [-0.2, 0) is 0 Å².